The first-order valence-electron chi connectivity index (χ1n) is 5.19. The van der Waals surface area contributed by atoms with E-state index < -0.39 is 0 Å². The van der Waals surface area contributed by atoms with Crippen LogP contribution < -0.4 is 0 Å². The Balaban J connectivity index is 2.17. The molecule has 0 heterocycles. The Bertz CT molecular complexity index is 287. The van der Waals surface area contributed by atoms with Crippen molar-refractivity contribution in [3.05, 3.63) is 47.6 Å². The molecule has 0 aromatic carbocycles. The lowest BCUT2D eigenvalue weighted by atomic mass is 9.97. The third kappa shape index (κ3) is 2.21. The van der Waals surface area contributed by atoms with E-state index in [1.54, 1.807) is 0 Å². The van der Waals surface area contributed by atoms with E-state index in [4.69, 9.17) is 0 Å². The van der Waals surface area contributed by atoms with Gasteiger partial charge >= 0.3 is 0 Å². The van der Waals surface area contributed by atoms with Crippen molar-refractivity contribution in [2.24, 2.45) is 0 Å². The molecule has 0 fully saturated rings. The summed E-state index contributed by atoms with van der Waals surface area (Å²) in [5.74, 6) is 0. The molecule has 0 saturated carbocycles. The van der Waals surface area contributed by atoms with Crippen molar-refractivity contribution < 1.29 is 0 Å². The summed E-state index contributed by atoms with van der Waals surface area (Å²) < 4.78 is 0. The van der Waals surface area contributed by atoms with E-state index in [0.29, 0.717) is 0 Å². The molecule has 0 spiro atoms. The van der Waals surface area contributed by atoms with Crippen LogP contribution in [-0.4, -0.2) is 0 Å². The monoisotopic (exact) mass is 172 g/mol. The summed E-state index contributed by atoms with van der Waals surface area (Å²) in [6.07, 6.45) is 19.9. The lowest BCUT2D eigenvalue weighted by molar-refractivity contribution is 0.873. The van der Waals surface area contributed by atoms with Gasteiger partial charge in [0.1, 0.15) is 0 Å². The Kier molecular flexibility index (Phi) is 2.81. The molecule has 0 aliphatic heterocycles. The van der Waals surface area contributed by atoms with Crippen molar-refractivity contribution >= 4 is 0 Å². The minimum absolute atomic E-state index is 1.21. The molecule has 0 radical (unpaired) electrons. The van der Waals surface area contributed by atoms with Crippen molar-refractivity contribution in [3.63, 3.8) is 0 Å². The van der Waals surface area contributed by atoms with Gasteiger partial charge in [-0.25, -0.2) is 0 Å². The van der Waals surface area contributed by atoms with Gasteiger partial charge in [0.2, 0.25) is 0 Å². The van der Waals surface area contributed by atoms with E-state index in [9.17, 15) is 0 Å². The van der Waals surface area contributed by atoms with E-state index in [2.05, 4.69) is 36.5 Å². The highest BCUT2D eigenvalue weighted by atomic mass is 14.1. The van der Waals surface area contributed by atoms with Crippen molar-refractivity contribution in [1.29, 1.82) is 0 Å². The van der Waals surface area contributed by atoms with E-state index in [1.807, 2.05) is 0 Å². The highest BCUT2D eigenvalue weighted by molar-refractivity contribution is 5.43. The van der Waals surface area contributed by atoms with Crippen LogP contribution in [-0.2, 0) is 0 Å². The number of allylic oxidation sites excluding steroid dienone is 8. The molecule has 0 bridgehead atoms. The van der Waals surface area contributed by atoms with Crippen molar-refractivity contribution in [2.45, 2.75) is 32.1 Å². The Hall–Kier alpha value is -1.04. The van der Waals surface area contributed by atoms with Gasteiger partial charge in [0, 0.05) is 0 Å². The first kappa shape index (κ1) is 8.55. The molecule has 0 saturated heterocycles. The molecule has 13 heavy (non-hydrogen) atoms. The number of hydrogen-bond acceptors (Lipinski definition) is 0. The van der Waals surface area contributed by atoms with Crippen LogP contribution in [0.2, 0.25) is 0 Å². The molecule has 0 aromatic rings. The van der Waals surface area contributed by atoms with Gasteiger partial charge in [0.05, 0.1) is 0 Å². The topological polar surface area (TPSA) is 0 Å². The van der Waals surface area contributed by atoms with Crippen LogP contribution in [0.1, 0.15) is 32.1 Å². The predicted molar refractivity (Wildman–Crippen MR) is 57.5 cm³/mol. The van der Waals surface area contributed by atoms with E-state index in [-0.39, 0.29) is 0 Å². The number of hydrogen-bond donors (Lipinski definition) is 0. The highest BCUT2D eigenvalue weighted by Crippen LogP contribution is 2.23. The zero-order chi connectivity index (χ0) is 8.93. The van der Waals surface area contributed by atoms with Crippen molar-refractivity contribution in [3.8, 4) is 0 Å². The van der Waals surface area contributed by atoms with Gasteiger partial charge in [-0.05, 0) is 43.3 Å². The fraction of sp³-hybridized carbons (Fsp3) is 0.385. The van der Waals surface area contributed by atoms with Crippen LogP contribution >= 0.6 is 0 Å². The summed E-state index contributed by atoms with van der Waals surface area (Å²) in [7, 11) is 0. The molecule has 0 nitrogen and oxygen atoms in total. The summed E-state index contributed by atoms with van der Waals surface area (Å²) >= 11 is 0. The second kappa shape index (κ2) is 4.27. The third-order valence-corrected chi connectivity index (χ3v) is 2.62. The minimum atomic E-state index is 1.21. The normalized spacial score (nSPS) is 22.2. The van der Waals surface area contributed by atoms with Crippen molar-refractivity contribution in [2.75, 3.05) is 0 Å². The lowest BCUT2D eigenvalue weighted by Gasteiger charge is -2.09. The van der Waals surface area contributed by atoms with E-state index in [1.165, 1.54) is 43.3 Å². The fourth-order valence-electron chi connectivity index (χ4n) is 1.85. The maximum Gasteiger partial charge on any atom is -0.0238 e. The summed E-state index contributed by atoms with van der Waals surface area (Å²) in [6.45, 7) is 0. The zero-order valence-electron chi connectivity index (χ0n) is 8.00. The molecule has 0 atom stereocenters. The molecular weight excluding hydrogens is 156 g/mol. The van der Waals surface area contributed by atoms with E-state index >= 15 is 0 Å². The van der Waals surface area contributed by atoms with Crippen LogP contribution in [0.5, 0.6) is 0 Å². The van der Waals surface area contributed by atoms with Gasteiger partial charge < -0.3 is 0 Å². The molecular formula is C13H16. The molecule has 0 heteroatoms. The maximum absolute atomic E-state index is 2.38. The summed E-state index contributed by atoms with van der Waals surface area (Å²) in [5, 5.41) is 0. The molecule has 2 rings (SSSR count). The van der Waals surface area contributed by atoms with Gasteiger partial charge in [-0.3, -0.25) is 0 Å². The Morgan fingerprint density at radius 3 is 2.85 bits per heavy atom. The van der Waals surface area contributed by atoms with Gasteiger partial charge in [-0.2, -0.15) is 0 Å². The van der Waals surface area contributed by atoms with Gasteiger partial charge in [-0.1, -0.05) is 36.5 Å². The minimum Gasteiger partial charge on any atom is -0.0842 e. The fourth-order valence-corrected chi connectivity index (χ4v) is 1.85. The summed E-state index contributed by atoms with van der Waals surface area (Å²) in [6, 6.07) is 0. The van der Waals surface area contributed by atoms with Gasteiger partial charge in [-0.15, -0.1) is 0 Å². The van der Waals surface area contributed by atoms with Crippen molar-refractivity contribution in [1.82, 2.24) is 0 Å². The third-order valence-electron chi connectivity index (χ3n) is 2.62. The van der Waals surface area contributed by atoms with Crippen LogP contribution in [0.25, 0.3) is 0 Å². The van der Waals surface area contributed by atoms with Crippen LogP contribution in [0.15, 0.2) is 47.6 Å². The molecule has 68 valence electrons. The molecule has 0 unspecified atom stereocenters. The molecule has 2 aliphatic rings. The molecule has 0 N–H and O–H groups in total. The first-order chi connectivity index (χ1) is 6.47. The second-order valence-corrected chi connectivity index (χ2v) is 3.65. The largest absolute Gasteiger partial charge is 0.0842 e. The molecule has 0 aromatic heterocycles. The Morgan fingerprint density at radius 2 is 2.00 bits per heavy atom. The highest BCUT2D eigenvalue weighted by Gasteiger charge is 2.04. The standard InChI is InChI=1S/C13H16/c1-2-5-9-12(8-4-1)13-10-6-3-7-11-13/h3-4,6,8-10H,1-2,5,7,11H2. The maximum atomic E-state index is 2.38. The van der Waals surface area contributed by atoms with Gasteiger partial charge in [0.25, 0.3) is 0 Å². The lowest BCUT2D eigenvalue weighted by Crippen LogP contribution is -1.89. The Morgan fingerprint density at radius 1 is 1.00 bits per heavy atom. The van der Waals surface area contributed by atoms with Gasteiger partial charge in [0.15, 0.2) is 0 Å². The van der Waals surface area contributed by atoms with E-state index in [0.717, 1.165) is 0 Å². The quantitative estimate of drug-likeness (QED) is 0.562. The summed E-state index contributed by atoms with van der Waals surface area (Å²) in [5.41, 5.74) is 2.97. The van der Waals surface area contributed by atoms with Crippen LogP contribution in [0.4, 0.5) is 0 Å². The Labute approximate surface area is 80.3 Å². The predicted octanol–water partition coefficient (Wildman–Crippen LogP) is 3.93. The zero-order valence-corrected chi connectivity index (χ0v) is 8.00. The molecule has 0 amide bonds. The second-order valence-electron chi connectivity index (χ2n) is 3.65. The first-order valence-corrected chi connectivity index (χ1v) is 5.19. The smallest absolute Gasteiger partial charge is 0.0238 e. The van der Waals surface area contributed by atoms with Crippen LogP contribution in [0, 0.1) is 0 Å². The summed E-state index contributed by atoms with van der Waals surface area (Å²) in [4.78, 5) is 0. The average Bonchev–Trinajstić information content (AvgIpc) is 2.47. The van der Waals surface area contributed by atoms with Crippen LogP contribution in [0.3, 0.4) is 0 Å². The number of rotatable bonds is 1. The average molecular weight is 172 g/mol. The molecule has 2 aliphatic carbocycles. The SMILES string of the molecule is C1=CCCC(C2=CCCCC=C2)=C1.